The molecular weight excluding hydrogens is 276 g/mol. The molecule has 2 aliphatic heterocycles. The Balaban J connectivity index is 1.90. The highest BCUT2D eigenvalue weighted by atomic mass is 16.5. The summed E-state index contributed by atoms with van der Waals surface area (Å²) < 4.78 is 5.37. The first kappa shape index (κ1) is 13.8. The lowest BCUT2D eigenvalue weighted by Crippen LogP contribution is -2.49. The van der Waals surface area contributed by atoms with Crippen molar-refractivity contribution >= 4 is 12.1 Å². The SMILES string of the molecule is COc1ccc2c(c1)CCN1C(=O)CC3C(C=N)[C@@H](C)CC231. The normalized spacial score (nSPS) is 35.8. The average Bonchev–Trinajstić information content (AvgIpc) is 2.94. The van der Waals surface area contributed by atoms with Gasteiger partial charge in [-0.3, -0.25) is 4.79 Å². The summed E-state index contributed by atoms with van der Waals surface area (Å²) in [5.74, 6) is 2.07. The van der Waals surface area contributed by atoms with Gasteiger partial charge in [0.1, 0.15) is 5.75 Å². The number of hydrogen-bond donors (Lipinski definition) is 1. The van der Waals surface area contributed by atoms with Gasteiger partial charge in [0, 0.05) is 24.8 Å². The zero-order chi connectivity index (χ0) is 15.5. The molecule has 3 aliphatic rings. The molecule has 2 heterocycles. The fraction of sp³-hybridized carbons (Fsp3) is 0.556. The second kappa shape index (κ2) is 4.58. The van der Waals surface area contributed by atoms with E-state index in [1.54, 1.807) is 13.3 Å². The topological polar surface area (TPSA) is 53.4 Å². The molecule has 4 heteroatoms. The van der Waals surface area contributed by atoms with Gasteiger partial charge in [0.25, 0.3) is 0 Å². The predicted octanol–water partition coefficient (Wildman–Crippen LogP) is 2.60. The molecule has 1 saturated carbocycles. The number of nitrogens with one attached hydrogen (secondary N) is 1. The number of fused-ring (bicyclic) bond motifs is 1. The number of benzene rings is 1. The molecule has 0 bridgehead atoms. The molecule has 1 spiro atoms. The van der Waals surface area contributed by atoms with Crippen LogP contribution < -0.4 is 4.74 Å². The molecule has 4 rings (SSSR count). The summed E-state index contributed by atoms with van der Waals surface area (Å²) in [5, 5.41) is 7.82. The summed E-state index contributed by atoms with van der Waals surface area (Å²) in [4.78, 5) is 14.7. The Bertz CT molecular complexity index is 656. The van der Waals surface area contributed by atoms with Crippen molar-refractivity contribution in [2.45, 2.75) is 31.7 Å². The van der Waals surface area contributed by atoms with Gasteiger partial charge in [0.2, 0.25) is 5.91 Å². The minimum Gasteiger partial charge on any atom is -0.497 e. The summed E-state index contributed by atoms with van der Waals surface area (Å²) >= 11 is 0. The highest BCUT2D eigenvalue weighted by Crippen LogP contribution is 2.60. The lowest BCUT2D eigenvalue weighted by Gasteiger charge is -2.44. The van der Waals surface area contributed by atoms with Crippen LogP contribution in [0.1, 0.15) is 30.9 Å². The minimum atomic E-state index is -0.182. The van der Waals surface area contributed by atoms with Gasteiger partial charge in [-0.05, 0) is 48.2 Å². The summed E-state index contributed by atoms with van der Waals surface area (Å²) in [6.45, 7) is 3.02. The highest BCUT2D eigenvalue weighted by Gasteiger charge is 2.62. The summed E-state index contributed by atoms with van der Waals surface area (Å²) in [6.07, 6.45) is 4.05. The van der Waals surface area contributed by atoms with Crippen molar-refractivity contribution in [3.63, 3.8) is 0 Å². The van der Waals surface area contributed by atoms with Gasteiger partial charge < -0.3 is 15.0 Å². The second-order valence-electron chi connectivity index (χ2n) is 6.98. The van der Waals surface area contributed by atoms with E-state index < -0.39 is 0 Å². The molecule has 4 atom stereocenters. The Morgan fingerprint density at radius 1 is 1.45 bits per heavy atom. The Morgan fingerprint density at radius 2 is 2.27 bits per heavy atom. The molecule has 116 valence electrons. The van der Waals surface area contributed by atoms with Crippen LogP contribution in [0.4, 0.5) is 0 Å². The van der Waals surface area contributed by atoms with Crippen LogP contribution in [0.5, 0.6) is 5.75 Å². The van der Waals surface area contributed by atoms with Gasteiger partial charge >= 0.3 is 0 Å². The summed E-state index contributed by atoms with van der Waals surface area (Å²) in [7, 11) is 1.69. The van der Waals surface area contributed by atoms with Crippen LogP contribution in [0.2, 0.25) is 0 Å². The number of hydrogen-bond acceptors (Lipinski definition) is 3. The molecule has 3 unspecified atom stereocenters. The van der Waals surface area contributed by atoms with E-state index >= 15 is 0 Å². The smallest absolute Gasteiger partial charge is 0.223 e. The van der Waals surface area contributed by atoms with Gasteiger partial charge in [-0.1, -0.05) is 13.0 Å². The molecule has 2 fully saturated rings. The number of rotatable bonds is 2. The van der Waals surface area contributed by atoms with Crippen LogP contribution in [0.25, 0.3) is 0 Å². The third kappa shape index (κ3) is 1.53. The number of methoxy groups -OCH3 is 1. The van der Waals surface area contributed by atoms with E-state index in [0.717, 1.165) is 25.1 Å². The van der Waals surface area contributed by atoms with Crippen LogP contribution in [0, 0.1) is 23.2 Å². The third-order valence-corrected chi connectivity index (χ3v) is 6.12. The molecule has 1 aliphatic carbocycles. The van der Waals surface area contributed by atoms with Gasteiger partial charge in [-0.15, -0.1) is 0 Å². The lowest BCUT2D eigenvalue weighted by atomic mass is 9.74. The number of carbonyl (C=O) groups is 1. The van der Waals surface area contributed by atoms with Crippen molar-refractivity contribution in [2.24, 2.45) is 17.8 Å². The van der Waals surface area contributed by atoms with Crippen molar-refractivity contribution < 1.29 is 9.53 Å². The van der Waals surface area contributed by atoms with Crippen LogP contribution in [0.15, 0.2) is 18.2 Å². The van der Waals surface area contributed by atoms with Gasteiger partial charge in [0.15, 0.2) is 0 Å². The Labute approximate surface area is 131 Å². The highest BCUT2D eigenvalue weighted by molar-refractivity contribution is 5.83. The first-order valence-corrected chi connectivity index (χ1v) is 8.10. The maximum Gasteiger partial charge on any atom is 0.223 e. The second-order valence-corrected chi connectivity index (χ2v) is 6.98. The third-order valence-electron chi connectivity index (χ3n) is 6.12. The lowest BCUT2D eigenvalue weighted by molar-refractivity contribution is -0.132. The van der Waals surface area contributed by atoms with Gasteiger partial charge in [-0.2, -0.15) is 0 Å². The number of ether oxygens (including phenoxy) is 1. The van der Waals surface area contributed by atoms with E-state index in [4.69, 9.17) is 10.1 Å². The van der Waals surface area contributed by atoms with E-state index in [9.17, 15) is 4.79 Å². The van der Waals surface area contributed by atoms with E-state index in [2.05, 4.69) is 24.0 Å². The maximum absolute atomic E-state index is 12.5. The Morgan fingerprint density at radius 3 is 3.00 bits per heavy atom. The molecule has 1 amide bonds. The number of amides is 1. The zero-order valence-electron chi connectivity index (χ0n) is 13.1. The molecule has 22 heavy (non-hydrogen) atoms. The fourth-order valence-electron chi connectivity index (χ4n) is 5.25. The zero-order valence-corrected chi connectivity index (χ0v) is 13.1. The van der Waals surface area contributed by atoms with E-state index in [0.29, 0.717) is 12.3 Å². The van der Waals surface area contributed by atoms with E-state index in [1.807, 2.05) is 6.07 Å². The molecule has 1 aromatic carbocycles. The van der Waals surface area contributed by atoms with E-state index in [-0.39, 0.29) is 23.3 Å². The quantitative estimate of drug-likeness (QED) is 0.853. The van der Waals surface area contributed by atoms with Crippen molar-refractivity contribution in [1.82, 2.24) is 4.90 Å². The molecule has 0 radical (unpaired) electrons. The molecule has 1 N–H and O–H groups in total. The van der Waals surface area contributed by atoms with Gasteiger partial charge in [0.05, 0.1) is 12.6 Å². The molecular formula is C18H22N2O2. The molecule has 4 nitrogen and oxygen atoms in total. The van der Waals surface area contributed by atoms with Crippen LogP contribution in [-0.4, -0.2) is 30.7 Å². The Kier molecular flexibility index (Phi) is 2.87. The average molecular weight is 298 g/mol. The predicted molar refractivity (Wildman–Crippen MR) is 84.3 cm³/mol. The monoisotopic (exact) mass is 298 g/mol. The van der Waals surface area contributed by atoms with Crippen LogP contribution in [0.3, 0.4) is 0 Å². The fourth-order valence-corrected chi connectivity index (χ4v) is 5.25. The molecule has 0 aromatic heterocycles. The molecule has 1 aromatic rings. The first-order chi connectivity index (χ1) is 10.6. The van der Waals surface area contributed by atoms with Gasteiger partial charge in [-0.25, -0.2) is 0 Å². The largest absolute Gasteiger partial charge is 0.497 e. The minimum absolute atomic E-state index is 0.182. The number of nitrogens with zero attached hydrogens (tertiary/aromatic N) is 1. The number of carbonyl (C=O) groups excluding carboxylic acids is 1. The summed E-state index contributed by atoms with van der Waals surface area (Å²) in [6, 6.07) is 6.30. The summed E-state index contributed by atoms with van der Waals surface area (Å²) in [5.41, 5.74) is 2.43. The standard InChI is InChI=1S/C18H22N2O2/c1-11-9-18-15-4-3-13(22-2)7-12(15)5-6-20(18)17(21)8-16(18)14(11)10-19/h3-4,7,10-11,14,16,19H,5-6,8-9H2,1-2H3/t11-,14?,16?,18?/m0/s1. The maximum atomic E-state index is 12.5. The van der Waals surface area contributed by atoms with Crippen LogP contribution >= 0.6 is 0 Å². The van der Waals surface area contributed by atoms with Crippen LogP contribution in [-0.2, 0) is 16.8 Å². The molecule has 1 saturated heterocycles. The van der Waals surface area contributed by atoms with Crippen molar-refractivity contribution in [2.75, 3.05) is 13.7 Å². The van der Waals surface area contributed by atoms with Crippen molar-refractivity contribution in [3.8, 4) is 5.75 Å². The first-order valence-electron chi connectivity index (χ1n) is 8.10. The Hall–Kier alpha value is -1.84. The van der Waals surface area contributed by atoms with E-state index in [1.165, 1.54) is 11.1 Å². The van der Waals surface area contributed by atoms with Crippen molar-refractivity contribution in [3.05, 3.63) is 29.3 Å². The van der Waals surface area contributed by atoms with Crippen molar-refractivity contribution in [1.29, 1.82) is 5.41 Å².